The molecule has 3 rings (SSSR count). The summed E-state index contributed by atoms with van der Waals surface area (Å²) in [5, 5.41) is 15.7. The van der Waals surface area contributed by atoms with Crippen molar-refractivity contribution >= 4 is 23.2 Å². The van der Waals surface area contributed by atoms with Gasteiger partial charge in [0.05, 0.1) is 30.9 Å². The molecule has 0 bridgehead atoms. The van der Waals surface area contributed by atoms with Gasteiger partial charge in [-0.3, -0.25) is 4.79 Å². The summed E-state index contributed by atoms with van der Waals surface area (Å²) >= 11 is 5.95. The Morgan fingerprint density at radius 2 is 1.83 bits per heavy atom. The van der Waals surface area contributed by atoms with Crippen molar-refractivity contribution in [3.63, 3.8) is 0 Å². The molecule has 0 spiro atoms. The maximum Gasteiger partial charge on any atom is 0.253 e. The first kappa shape index (κ1) is 22.2. The summed E-state index contributed by atoms with van der Waals surface area (Å²) in [4.78, 5) is 12.8. The van der Waals surface area contributed by atoms with Crippen LogP contribution in [0.1, 0.15) is 41.6 Å². The highest BCUT2D eigenvalue weighted by Gasteiger charge is 2.22. The van der Waals surface area contributed by atoms with Crippen molar-refractivity contribution in [2.75, 3.05) is 19.5 Å². The lowest BCUT2D eigenvalue weighted by atomic mass is 9.92. The van der Waals surface area contributed by atoms with E-state index in [1.165, 1.54) is 6.07 Å². The summed E-state index contributed by atoms with van der Waals surface area (Å²) in [6.45, 7) is 0.235. The number of hydrogen-bond donors (Lipinski definition) is 3. The van der Waals surface area contributed by atoms with E-state index in [0.717, 1.165) is 24.5 Å². The molecule has 1 saturated carbocycles. The number of methoxy groups -OCH3 is 2. The maximum absolute atomic E-state index is 14.1. The molecule has 1 amide bonds. The zero-order chi connectivity index (χ0) is 21.7. The zero-order valence-corrected chi connectivity index (χ0v) is 17.8. The van der Waals surface area contributed by atoms with Gasteiger partial charge < -0.3 is 25.2 Å². The lowest BCUT2D eigenvalue weighted by molar-refractivity contribution is 0.0950. The molecule has 1 fully saturated rings. The molecule has 2 aromatic carbocycles. The smallest absolute Gasteiger partial charge is 0.253 e. The van der Waals surface area contributed by atoms with Gasteiger partial charge in [0.25, 0.3) is 5.91 Å². The second kappa shape index (κ2) is 10.00. The molecule has 0 saturated heterocycles. The number of benzene rings is 2. The summed E-state index contributed by atoms with van der Waals surface area (Å²) in [6.07, 6.45) is 2.62. The van der Waals surface area contributed by atoms with Gasteiger partial charge in [-0.2, -0.15) is 0 Å². The van der Waals surface area contributed by atoms with E-state index >= 15 is 0 Å². The highest BCUT2D eigenvalue weighted by Crippen LogP contribution is 2.29. The molecule has 0 unspecified atom stereocenters. The van der Waals surface area contributed by atoms with Crippen LogP contribution in [0.5, 0.6) is 11.5 Å². The number of carbonyl (C=O) groups is 1. The van der Waals surface area contributed by atoms with Gasteiger partial charge in [-0.15, -0.1) is 0 Å². The molecule has 0 atom stereocenters. The van der Waals surface area contributed by atoms with Crippen LogP contribution in [0.2, 0.25) is 5.02 Å². The Morgan fingerprint density at radius 3 is 2.50 bits per heavy atom. The van der Waals surface area contributed by atoms with Crippen LogP contribution >= 0.6 is 11.6 Å². The Kier molecular flexibility index (Phi) is 7.39. The fourth-order valence-electron chi connectivity index (χ4n) is 3.56. The Morgan fingerprint density at radius 1 is 1.13 bits per heavy atom. The van der Waals surface area contributed by atoms with Crippen LogP contribution < -0.4 is 20.1 Å². The zero-order valence-electron chi connectivity index (χ0n) is 17.0. The van der Waals surface area contributed by atoms with Gasteiger partial charge in [0.1, 0.15) is 5.82 Å². The van der Waals surface area contributed by atoms with E-state index in [4.69, 9.17) is 21.1 Å². The summed E-state index contributed by atoms with van der Waals surface area (Å²) in [6, 6.07) is 8.02. The van der Waals surface area contributed by atoms with Crippen LogP contribution in [0.4, 0.5) is 10.1 Å². The number of amides is 1. The van der Waals surface area contributed by atoms with Crippen molar-refractivity contribution in [3.05, 3.63) is 52.3 Å². The van der Waals surface area contributed by atoms with Crippen molar-refractivity contribution in [1.82, 2.24) is 5.32 Å². The quantitative estimate of drug-likeness (QED) is 0.607. The molecule has 6 nitrogen and oxygen atoms in total. The summed E-state index contributed by atoms with van der Waals surface area (Å²) in [5.41, 5.74) is 1.47. The van der Waals surface area contributed by atoms with Crippen molar-refractivity contribution in [1.29, 1.82) is 0 Å². The van der Waals surface area contributed by atoms with E-state index in [-0.39, 0.29) is 29.3 Å². The molecule has 1 aliphatic carbocycles. The van der Waals surface area contributed by atoms with Crippen LogP contribution in [0, 0.1) is 5.82 Å². The first-order valence-electron chi connectivity index (χ1n) is 9.84. The molecule has 8 heteroatoms. The predicted molar refractivity (Wildman–Crippen MR) is 114 cm³/mol. The van der Waals surface area contributed by atoms with Crippen LogP contribution in [0.15, 0.2) is 30.3 Å². The lowest BCUT2D eigenvalue weighted by Gasteiger charge is -2.28. The molecule has 0 aromatic heterocycles. The van der Waals surface area contributed by atoms with Crippen molar-refractivity contribution in [2.24, 2.45) is 0 Å². The Labute approximate surface area is 180 Å². The average Bonchev–Trinajstić information content (AvgIpc) is 2.75. The van der Waals surface area contributed by atoms with Gasteiger partial charge in [-0.05, 0) is 55.5 Å². The van der Waals surface area contributed by atoms with Gasteiger partial charge >= 0.3 is 0 Å². The second-order valence-corrected chi connectivity index (χ2v) is 7.74. The number of halogens is 2. The molecule has 0 radical (unpaired) electrons. The summed E-state index contributed by atoms with van der Waals surface area (Å²) in [7, 11) is 3.09. The van der Waals surface area contributed by atoms with Crippen molar-refractivity contribution < 1.29 is 23.8 Å². The van der Waals surface area contributed by atoms with E-state index in [1.54, 1.807) is 26.4 Å². The molecule has 30 heavy (non-hydrogen) atoms. The Balaban J connectivity index is 1.74. The number of nitrogens with one attached hydrogen (secondary N) is 2. The fourth-order valence-corrected chi connectivity index (χ4v) is 3.73. The molecular weight excluding hydrogens is 411 g/mol. The average molecular weight is 437 g/mol. The van der Waals surface area contributed by atoms with E-state index in [0.29, 0.717) is 30.0 Å². The third-order valence-electron chi connectivity index (χ3n) is 5.26. The Hall–Kier alpha value is -2.51. The van der Waals surface area contributed by atoms with E-state index in [1.807, 2.05) is 6.07 Å². The van der Waals surface area contributed by atoms with Gasteiger partial charge in [0, 0.05) is 18.3 Å². The number of aliphatic hydroxyl groups excluding tert-OH is 1. The number of aliphatic hydroxyl groups is 1. The lowest BCUT2D eigenvalue weighted by Crippen LogP contribution is -2.30. The number of rotatable bonds is 7. The molecule has 1 aliphatic rings. The third kappa shape index (κ3) is 5.34. The van der Waals surface area contributed by atoms with Gasteiger partial charge in [0.15, 0.2) is 11.5 Å². The SMILES string of the molecule is COc1ccc(CNC(=O)c2cc(F)c(Cl)cc2NC2CCC(O)CC2)cc1OC. The molecule has 0 aliphatic heterocycles. The van der Waals surface area contributed by atoms with Crippen molar-refractivity contribution in [3.8, 4) is 11.5 Å². The Bertz CT molecular complexity index is 901. The third-order valence-corrected chi connectivity index (χ3v) is 5.55. The van der Waals surface area contributed by atoms with Gasteiger partial charge in [-0.25, -0.2) is 4.39 Å². The van der Waals surface area contributed by atoms with Gasteiger partial charge in [0.2, 0.25) is 0 Å². The molecular formula is C22H26ClFN2O4. The minimum absolute atomic E-state index is 0.0511. The highest BCUT2D eigenvalue weighted by atomic mass is 35.5. The molecule has 0 heterocycles. The first-order valence-corrected chi connectivity index (χ1v) is 10.2. The van der Waals surface area contributed by atoms with Crippen LogP contribution in [0.3, 0.4) is 0 Å². The summed E-state index contributed by atoms with van der Waals surface area (Å²) < 4.78 is 24.6. The standard InChI is InChI=1S/C22H26ClFN2O4/c1-29-20-8-3-13(9-21(20)30-2)12-25-22(28)16-10-18(24)17(23)11-19(16)26-14-4-6-15(27)7-5-14/h3,8-11,14-15,26-27H,4-7,12H2,1-2H3,(H,25,28). The largest absolute Gasteiger partial charge is 0.493 e. The topological polar surface area (TPSA) is 79.8 Å². The maximum atomic E-state index is 14.1. The second-order valence-electron chi connectivity index (χ2n) is 7.33. The fraction of sp³-hybridized carbons (Fsp3) is 0.409. The summed E-state index contributed by atoms with van der Waals surface area (Å²) in [5.74, 6) is 0.0799. The normalized spacial score (nSPS) is 18.6. The van der Waals surface area contributed by atoms with Crippen LogP contribution in [0.25, 0.3) is 0 Å². The molecule has 3 N–H and O–H groups in total. The minimum Gasteiger partial charge on any atom is -0.493 e. The van der Waals surface area contributed by atoms with E-state index < -0.39 is 11.7 Å². The monoisotopic (exact) mass is 436 g/mol. The van der Waals surface area contributed by atoms with Crippen molar-refractivity contribution in [2.45, 2.75) is 44.4 Å². The van der Waals surface area contributed by atoms with Gasteiger partial charge in [-0.1, -0.05) is 17.7 Å². The van der Waals surface area contributed by atoms with E-state index in [9.17, 15) is 14.3 Å². The predicted octanol–water partition coefficient (Wildman–Crippen LogP) is 4.14. The van der Waals surface area contributed by atoms with Crippen LogP contribution in [-0.4, -0.2) is 37.4 Å². The first-order chi connectivity index (χ1) is 14.4. The minimum atomic E-state index is -0.655. The molecule has 2 aromatic rings. The van der Waals surface area contributed by atoms with Crippen LogP contribution in [-0.2, 0) is 6.54 Å². The number of carbonyl (C=O) groups excluding carboxylic acids is 1. The molecule has 162 valence electrons. The number of anilines is 1. The number of hydrogen-bond acceptors (Lipinski definition) is 5. The van der Waals surface area contributed by atoms with E-state index in [2.05, 4.69) is 10.6 Å². The highest BCUT2D eigenvalue weighted by molar-refractivity contribution is 6.31. The number of ether oxygens (including phenoxy) is 2.